The average molecular weight is 409 g/mol. The highest BCUT2D eigenvalue weighted by atomic mass is 79.9. The van der Waals surface area contributed by atoms with Crippen LogP contribution >= 0.6 is 28.1 Å². The molecule has 8 heteroatoms. The van der Waals surface area contributed by atoms with Gasteiger partial charge >= 0.3 is 5.97 Å². The third-order valence-electron chi connectivity index (χ3n) is 3.95. The molecular formula is C16H17BrN4O2S. The molecule has 3 rings (SSSR count). The first kappa shape index (κ1) is 16.9. The SMILES string of the molecule is CCNC(=S)N1CCc2c(c(C(=O)O)nn2-c2ccc(Br)cc2)C1. The number of fused-ring (bicyclic) bond motifs is 1. The molecule has 126 valence electrons. The van der Waals surface area contributed by atoms with Gasteiger partial charge in [-0.05, 0) is 43.4 Å². The van der Waals surface area contributed by atoms with Crippen molar-refractivity contribution in [3.63, 3.8) is 0 Å². The molecule has 1 aliphatic heterocycles. The molecule has 0 saturated carbocycles. The fourth-order valence-corrected chi connectivity index (χ4v) is 3.39. The smallest absolute Gasteiger partial charge is 0.356 e. The van der Waals surface area contributed by atoms with E-state index in [1.807, 2.05) is 36.1 Å². The Labute approximate surface area is 153 Å². The Kier molecular flexibility index (Phi) is 4.86. The minimum absolute atomic E-state index is 0.0944. The second-order valence-electron chi connectivity index (χ2n) is 5.47. The molecule has 0 amide bonds. The summed E-state index contributed by atoms with van der Waals surface area (Å²) in [6, 6.07) is 7.66. The molecule has 0 bridgehead atoms. The van der Waals surface area contributed by atoms with Crippen LogP contribution in [0, 0.1) is 0 Å². The first-order valence-electron chi connectivity index (χ1n) is 7.64. The van der Waals surface area contributed by atoms with Gasteiger partial charge in [-0.25, -0.2) is 9.48 Å². The Morgan fingerprint density at radius 3 is 2.75 bits per heavy atom. The summed E-state index contributed by atoms with van der Waals surface area (Å²) in [4.78, 5) is 13.6. The molecule has 0 radical (unpaired) electrons. The first-order chi connectivity index (χ1) is 11.5. The molecule has 0 fully saturated rings. The molecule has 0 atom stereocenters. The van der Waals surface area contributed by atoms with Gasteiger partial charge < -0.3 is 15.3 Å². The number of nitrogens with zero attached hydrogens (tertiary/aromatic N) is 3. The van der Waals surface area contributed by atoms with Crippen LogP contribution in [-0.2, 0) is 13.0 Å². The lowest BCUT2D eigenvalue weighted by Crippen LogP contribution is -2.42. The van der Waals surface area contributed by atoms with E-state index >= 15 is 0 Å². The van der Waals surface area contributed by atoms with E-state index in [2.05, 4.69) is 26.3 Å². The van der Waals surface area contributed by atoms with Crippen molar-refractivity contribution in [1.82, 2.24) is 20.0 Å². The molecule has 2 heterocycles. The summed E-state index contributed by atoms with van der Waals surface area (Å²) in [7, 11) is 0. The highest BCUT2D eigenvalue weighted by Crippen LogP contribution is 2.26. The number of nitrogens with one attached hydrogen (secondary N) is 1. The predicted octanol–water partition coefficient (Wildman–Crippen LogP) is 2.59. The van der Waals surface area contributed by atoms with Crippen molar-refractivity contribution < 1.29 is 9.90 Å². The number of aromatic carboxylic acids is 1. The number of thiocarbonyl (C=S) groups is 1. The van der Waals surface area contributed by atoms with Crippen LogP contribution in [0.4, 0.5) is 0 Å². The number of rotatable bonds is 3. The van der Waals surface area contributed by atoms with E-state index in [9.17, 15) is 9.90 Å². The van der Waals surface area contributed by atoms with E-state index in [4.69, 9.17) is 12.2 Å². The third-order valence-corrected chi connectivity index (χ3v) is 4.88. The highest BCUT2D eigenvalue weighted by molar-refractivity contribution is 9.10. The molecule has 6 nitrogen and oxygen atoms in total. The fourth-order valence-electron chi connectivity index (χ4n) is 2.82. The number of halogens is 1. The van der Waals surface area contributed by atoms with Crippen molar-refractivity contribution in [2.75, 3.05) is 13.1 Å². The maximum absolute atomic E-state index is 11.6. The summed E-state index contributed by atoms with van der Waals surface area (Å²) < 4.78 is 2.70. The third kappa shape index (κ3) is 3.16. The zero-order valence-electron chi connectivity index (χ0n) is 13.1. The highest BCUT2D eigenvalue weighted by Gasteiger charge is 2.29. The van der Waals surface area contributed by atoms with Crippen LogP contribution in [0.1, 0.15) is 28.7 Å². The first-order valence-corrected chi connectivity index (χ1v) is 8.84. The van der Waals surface area contributed by atoms with Crippen molar-refractivity contribution in [3.05, 3.63) is 45.7 Å². The Hall–Kier alpha value is -1.93. The standard InChI is InChI=1S/C16H17BrN4O2S/c1-2-18-16(24)20-8-7-13-12(9-20)14(15(22)23)19-21(13)11-5-3-10(17)4-6-11/h3-6H,2,7-9H2,1H3,(H,18,24)(H,22,23). The zero-order valence-corrected chi connectivity index (χ0v) is 15.5. The molecule has 0 unspecified atom stereocenters. The Morgan fingerprint density at radius 2 is 2.12 bits per heavy atom. The van der Waals surface area contributed by atoms with E-state index in [-0.39, 0.29) is 5.69 Å². The van der Waals surface area contributed by atoms with E-state index in [0.717, 1.165) is 34.5 Å². The number of hydrogen-bond donors (Lipinski definition) is 2. The lowest BCUT2D eigenvalue weighted by Gasteiger charge is -2.30. The van der Waals surface area contributed by atoms with Gasteiger partial charge in [-0.2, -0.15) is 5.10 Å². The number of carboxylic acids is 1. The van der Waals surface area contributed by atoms with Crippen molar-refractivity contribution in [3.8, 4) is 5.69 Å². The molecule has 1 aromatic carbocycles. The number of hydrogen-bond acceptors (Lipinski definition) is 3. The van der Waals surface area contributed by atoms with Gasteiger partial charge in [0.25, 0.3) is 0 Å². The summed E-state index contributed by atoms with van der Waals surface area (Å²) in [6.45, 7) is 3.92. The number of benzene rings is 1. The number of carboxylic acid groups (broad SMARTS) is 1. The summed E-state index contributed by atoms with van der Waals surface area (Å²) in [6.07, 6.45) is 0.692. The van der Waals surface area contributed by atoms with Crippen LogP contribution in [0.3, 0.4) is 0 Å². The van der Waals surface area contributed by atoms with Crippen LogP contribution in [0.25, 0.3) is 5.69 Å². The molecule has 0 saturated heterocycles. The maximum Gasteiger partial charge on any atom is 0.356 e. The zero-order chi connectivity index (χ0) is 17.3. The van der Waals surface area contributed by atoms with Crippen LogP contribution in [0.15, 0.2) is 28.7 Å². The average Bonchev–Trinajstić information content (AvgIpc) is 2.95. The van der Waals surface area contributed by atoms with E-state index in [1.165, 1.54) is 0 Å². The molecule has 2 aromatic rings. The Balaban J connectivity index is 2.01. The van der Waals surface area contributed by atoms with Gasteiger partial charge in [0.05, 0.1) is 11.4 Å². The van der Waals surface area contributed by atoms with Crippen molar-refractivity contribution in [1.29, 1.82) is 0 Å². The van der Waals surface area contributed by atoms with Crippen LogP contribution in [-0.4, -0.2) is 44.0 Å². The van der Waals surface area contributed by atoms with Gasteiger partial charge in [-0.3, -0.25) is 0 Å². The molecule has 2 N–H and O–H groups in total. The van der Waals surface area contributed by atoms with Crippen LogP contribution < -0.4 is 5.32 Å². The van der Waals surface area contributed by atoms with Gasteiger partial charge in [0.2, 0.25) is 0 Å². The summed E-state index contributed by atoms with van der Waals surface area (Å²) in [5.41, 5.74) is 2.61. The van der Waals surface area contributed by atoms with Crippen molar-refractivity contribution >= 4 is 39.2 Å². The van der Waals surface area contributed by atoms with E-state index < -0.39 is 5.97 Å². The van der Waals surface area contributed by atoms with E-state index in [1.54, 1.807) is 4.68 Å². The predicted molar refractivity (Wildman–Crippen MR) is 98.6 cm³/mol. The largest absolute Gasteiger partial charge is 0.476 e. The lowest BCUT2D eigenvalue weighted by molar-refractivity contribution is 0.0688. The molecule has 0 aliphatic carbocycles. The Bertz CT molecular complexity index is 788. The van der Waals surface area contributed by atoms with Crippen LogP contribution in [0.2, 0.25) is 0 Å². The van der Waals surface area contributed by atoms with Gasteiger partial charge in [0.1, 0.15) is 0 Å². The Morgan fingerprint density at radius 1 is 1.42 bits per heavy atom. The second kappa shape index (κ2) is 6.90. The van der Waals surface area contributed by atoms with Gasteiger partial charge in [-0.15, -0.1) is 0 Å². The van der Waals surface area contributed by atoms with E-state index in [0.29, 0.717) is 18.1 Å². The second-order valence-corrected chi connectivity index (χ2v) is 6.78. The maximum atomic E-state index is 11.6. The number of carbonyl (C=O) groups is 1. The molecule has 1 aliphatic rings. The minimum Gasteiger partial charge on any atom is -0.476 e. The molecule has 24 heavy (non-hydrogen) atoms. The summed E-state index contributed by atoms with van der Waals surface area (Å²) >= 11 is 8.77. The van der Waals surface area contributed by atoms with Crippen molar-refractivity contribution in [2.24, 2.45) is 0 Å². The summed E-state index contributed by atoms with van der Waals surface area (Å²) in [5.74, 6) is -1.02. The minimum atomic E-state index is -1.02. The quantitative estimate of drug-likeness (QED) is 0.760. The van der Waals surface area contributed by atoms with Gasteiger partial charge in [-0.1, -0.05) is 15.9 Å². The molecular weight excluding hydrogens is 392 g/mol. The molecule has 1 aromatic heterocycles. The van der Waals surface area contributed by atoms with Crippen molar-refractivity contribution in [2.45, 2.75) is 19.9 Å². The summed E-state index contributed by atoms with van der Waals surface area (Å²) in [5, 5.41) is 17.6. The van der Waals surface area contributed by atoms with Crippen LogP contribution in [0.5, 0.6) is 0 Å². The van der Waals surface area contributed by atoms with Gasteiger partial charge in [0, 0.05) is 36.1 Å². The normalized spacial score (nSPS) is 13.5. The molecule has 0 spiro atoms. The fraction of sp³-hybridized carbons (Fsp3) is 0.312. The lowest BCUT2D eigenvalue weighted by atomic mass is 10.1. The topological polar surface area (TPSA) is 70.4 Å². The number of aromatic nitrogens is 2. The van der Waals surface area contributed by atoms with Gasteiger partial charge in [0.15, 0.2) is 10.8 Å². The monoisotopic (exact) mass is 408 g/mol.